The second-order valence-corrected chi connectivity index (χ2v) is 10.2. The summed E-state index contributed by atoms with van der Waals surface area (Å²) in [5.41, 5.74) is 5.06. The van der Waals surface area contributed by atoms with Crippen LogP contribution in [0.25, 0.3) is 11.2 Å². The molecule has 4 N–H and O–H groups in total. The number of nitrogens with two attached hydrogens (primary N) is 1. The van der Waals surface area contributed by atoms with E-state index in [-0.39, 0.29) is 98.8 Å². The summed E-state index contributed by atoms with van der Waals surface area (Å²) in [7, 11) is -18.0. The van der Waals surface area contributed by atoms with Gasteiger partial charge in [0.15, 0.2) is 11.5 Å². The molecule has 0 saturated carbocycles. The van der Waals surface area contributed by atoms with E-state index in [4.69, 9.17) is 10.5 Å². The van der Waals surface area contributed by atoms with Crippen molar-refractivity contribution in [2.24, 2.45) is 0 Å². The number of nitrogens with zero attached hydrogens (tertiary/aromatic N) is 3. The molecule has 0 amide bonds. The SMILES string of the molecule is Nc1ncnc2c1[nH]c(=O)n2C1CC(O)C(COP(=O)([O-])OP(=O)([O-])OP(=O)([O-])[O-])O1.[Li+].[Li+].[Li+].[Li+]. The molecule has 18 nitrogen and oxygen atoms in total. The van der Waals surface area contributed by atoms with Crippen LogP contribution in [0, 0.1) is 0 Å². The molecule has 25 heteroatoms. The summed E-state index contributed by atoms with van der Waals surface area (Å²) in [4.78, 5) is 65.5. The van der Waals surface area contributed by atoms with Crippen LogP contribution in [0.5, 0.6) is 0 Å². The van der Waals surface area contributed by atoms with Crippen LogP contribution in [0.3, 0.4) is 0 Å². The van der Waals surface area contributed by atoms with Crippen LogP contribution in [0.2, 0.25) is 0 Å². The molecule has 1 fully saturated rings. The average molecular weight is 531 g/mol. The van der Waals surface area contributed by atoms with E-state index in [2.05, 4.69) is 28.1 Å². The van der Waals surface area contributed by atoms with E-state index in [9.17, 15) is 43.2 Å². The fourth-order valence-corrected chi connectivity index (χ4v) is 5.56. The standard InChI is InChI=1S/C10H16N5O13P3.4Li/c11-8-7-9(13-3-12-8)15(10(17)14-7)6-1-4(16)5(26-6)2-25-30(21,22)28-31(23,24)27-29(18,19)20;;;;/h3-6,16H,1-2H2,(H,14,17)(H,21,22)(H,23,24)(H2,11,12,13)(H2,18,19,20);;;;/q;4*+1/p-4. The zero-order valence-electron chi connectivity index (χ0n) is 18.8. The van der Waals surface area contributed by atoms with Gasteiger partial charge < -0.3 is 49.2 Å². The fourth-order valence-electron chi connectivity index (χ4n) is 2.69. The molecule has 1 aliphatic rings. The number of hydrogen-bond donors (Lipinski definition) is 3. The van der Waals surface area contributed by atoms with E-state index in [0.717, 1.165) is 10.9 Å². The molecule has 35 heavy (non-hydrogen) atoms. The first-order valence-electron chi connectivity index (χ1n) is 7.93. The van der Waals surface area contributed by atoms with Gasteiger partial charge in [0.2, 0.25) is 0 Å². The number of imidazole rings is 1. The summed E-state index contributed by atoms with van der Waals surface area (Å²) in [6.07, 6.45) is -3.09. The Bertz CT molecular complexity index is 1190. The number of aromatic nitrogens is 4. The molecule has 0 radical (unpaired) electrons. The maximum atomic E-state index is 12.2. The maximum Gasteiger partial charge on any atom is 1.00 e. The van der Waals surface area contributed by atoms with Gasteiger partial charge in [-0.2, -0.15) is 0 Å². The van der Waals surface area contributed by atoms with Crippen molar-refractivity contribution in [3.05, 3.63) is 16.8 Å². The molecule has 5 unspecified atom stereocenters. The average Bonchev–Trinajstić information content (AvgIpc) is 3.09. The van der Waals surface area contributed by atoms with Crippen molar-refractivity contribution in [1.82, 2.24) is 19.5 Å². The van der Waals surface area contributed by atoms with Crippen molar-refractivity contribution in [2.45, 2.75) is 24.9 Å². The van der Waals surface area contributed by atoms with Crippen molar-refractivity contribution in [1.29, 1.82) is 0 Å². The van der Waals surface area contributed by atoms with Gasteiger partial charge in [-0.3, -0.25) is 13.4 Å². The van der Waals surface area contributed by atoms with Crippen LogP contribution in [0.4, 0.5) is 5.82 Å². The van der Waals surface area contributed by atoms with Crippen LogP contribution in [0.1, 0.15) is 12.6 Å². The Morgan fingerprint density at radius 3 is 2.29 bits per heavy atom. The molecule has 2 aromatic heterocycles. The zero-order chi connectivity index (χ0) is 23.2. The van der Waals surface area contributed by atoms with Crippen molar-refractivity contribution < 1.29 is 132 Å². The number of H-pyrrole nitrogens is 1. The molecule has 3 rings (SSSR count). The van der Waals surface area contributed by atoms with Crippen LogP contribution >= 0.6 is 23.5 Å². The Labute approximate surface area is 244 Å². The Hall–Kier alpha value is 0.870. The van der Waals surface area contributed by atoms with Crippen LogP contribution in [-0.4, -0.2) is 43.4 Å². The van der Waals surface area contributed by atoms with Crippen molar-refractivity contribution in [3.63, 3.8) is 0 Å². The van der Waals surface area contributed by atoms with Gasteiger partial charge in [-0.05, 0) is 0 Å². The second-order valence-electron chi connectivity index (χ2n) is 5.99. The van der Waals surface area contributed by atoms with Gasteiger partial charge in [0.05, 0.1) is 20.5 Å². The Morgan fingerprint density at radius 2 is 1.71 bits per heavy atom. The molecule has 0 bridgehead atoms. The number of phosphoric ester groups is 1. The van der Waals surface area contributed by atoms with E-state index in [1.807, 2.05) is 0 Å². The molecule has 0 aliphatic carbocycles. The molecule has 1 saturated heterocycles. The van der Waals surface area contributed by atoms with E-state index in [1.165, 1.54) is 0 Å². The quantitative estimate of drug-likeness (QED) is 0.210. The minimum atomic E-state index is -6.12. The number of aliphatic hydroxyl groups excluding tert-OH is 1. The van der Waals surface area contributed by atoms with E-state index >= 15 is 0 Å². The summed E-state index contributed by atoms with van der Waals surface area (Å²) in [6.45, 7) is -1.00. The minimum Gasteiger partial charge on any atom is -0.790 e. The van der Waals surface area contributed by atoms with Crippen LogP contribution < -0.4 is 106 Å². The molecule has 3 heterocycles. The Balaban J connectivity index is 0. The van der Waals surface area contributed by atoms with Crippen molar-refractivity contribution >= 4 is 40.4 Å². The van der Waals surface area contributed by atoms with Gasteiger partial charge in [-0.1, -0.05) is 0 Å². The van der Waals surface area contributed by atoms with Gasteiger partial charge >= 0.3 is 81.1 Å². The van der Waals surface area contributed by atoms with E-state index in [0.29, 0.717) is 0 Å². The third-order valence-electron chi connectivity index (χ3n) is 3.82. The number of aliphatic hydroxyl groups is 1. The largest absolute Gasteiger partial charge is 1.00 e. The van der Waals surface area contributed by atoms with E-state index < -0.39 is 54.2 Å². The number of hydrogen-bond acceptors (Lipinski definition) is 16. The van der Waals surface area contributed by atoms with Gasteiger partial charge in [0, 0.05) is 6.42 Å². The van der Waals surface area contributed by atoms with E-state index in [1.54, 1.807) is 0 Å². The Morgan fingerprint density at radius 1 is 1.11 bits per heavy atom. The molecule has 174 valence electrons. The number of fused-ring (bicyclic) bond motifs is 1. The Kier molecular flexibility index (Phi) is 15.5. The normalized spacial score (nSPS) is 23.1. The summed E-state index contributed by atoms with van der Waals surface area (Å²) in [5.74, 6) is -0.0336. The smallest absolute Gasteiger partial charge is 0.790 e. The monoisotopic (exact) mass is 531 g/mol. The number of nitrogens with one attached hydrogen (secondary N) is 1. The third kappa shape index (κ3) is 10.2. The third-order valence-corrected chi connectivity index (χ3v) is 7.49. The number of aromatic amines is 1. The minimum absolute atomic E-state index is 0. The van der Waals surface area contributed by atoms with Crippen molar-refractivity contribution in [2.75, 3.05) is 12.3 Å². The number of nitrogen functional groups attached to an aromatic ring is 1. The topological polar surface area (TPSA) is 290 Å². The number of rotatable bonds is 8. The molecule has 0 spiro atoms. The maximum absolute atomic E-state index is 12.2. The first kappa shape index (κ1) is 38.0. The van der Waals surface area contributed by atoms with Gasteiger partial charge in [0.1, 0.15) is 24.2 Å². The number of ether oxygens (including phenoxy) is 1. The first-order valence-corrected chi connectivity index (χ1v) is 12.3. The molecular weight excluding hydrogens is 519 g/mol. The summed E-state index contributed by atoms with van der Waals surface area (Å²) in [5, 5.41) is 10.1. The van der Waals surface area contributed by atoms with Crippen LogP contribution in [-0.2, 0) is 31.6 Å². The number of anilines is 1. The molecule has 0 aromatic carbocycles. The predicted octanol–water partition coefficient (Wildman–Crippen LogP) is -15.8. The first-order chi connectivity index (χ1) is 14.2. The summed E-state index contributed by atoms with van der Waals surface area (Å²) in [6, 6.07) is 0. The predicted molar refractivity (Wildman–Crippen MR) is 88.0 cm³/mol. The van der Waals surface area contributed by atoms with Gasteiger partial charge in [-0.15, -0.1) is 0 Å². The molecule has 1 aliphatic heterocycles. The zero-order valence-corrected chi connectivity index (χ0v) is 21.5. The molecule has 5 atom stereocenters. The fraction of sp³-hybridized carbons (Fsp3) is 0.500. The summed E-state index contributed by atoms with van der Waals surface area (Å²) < 4.78 is 50.1. The van der Waals surface area contributed by atoms with Crippen LogP contribution in [0.15, 0.2) is 11.1 Å². The number of phosphoric acid groups is 3. The van der Waals surface area contributed by atoms with Gasteiger partial charge in [0.25, 0.3) is 15.6 Å². The molecular formula is C10H12Li4N5O13P3. The van der Waals surface area contributed by atoms with Crippen molar-refractivity contribution in [3.8, 4) is 0 Å². The molecule has 2 aromatic rings. The summed E-state index contributed by atoms with van der Waals surface area (Å²) >= 11 is 0. The van der Waals surface area contributed by atoms with Gasteiger partial charge in [-0.25, -0.2) is 23.6 Å². The second kappa shape index (κ2) is 14.3.